The number of halogens is 2. The lowest BCUT2D eigenvalue weighted by atomic mass is 10.1. The number of hydrogen-bond acceptors (Lipinski definition) is 3. The van der Waals surface area contributed by atoms with Gasteiger partial charge >= 0.3 is 0 Å². The molecule has 118 valence electrons. The van der Waals surface area contributed by atoms with Gasteiger partial charge in [-0.1, -0.05) is 47.5 Å². The maximum Gasteiger partial charge on any atom is 0.247 e. The first-order chi connectivity index (χ1) is 11.7. The van der Waals surface area contributed by atoms with Gasteiger partial charge in [0, 0.05) is 27.4 Å². The summed E-state index contributed by atoms with van der Waals surface area (Å²) in [5, 5.41) is 9.09. The molecule has 0 aliphatic carbocycles. The minimum atomic E-state index is 0.439. The highest BCUT2D eigenvalue weighted by atomic mass is 35.5. The molecule has 2 aromatic heterocycles. The van der Waals surface area contributed by atoms with Crippen molar-refractivity contribution in [1.82, 2.24) is 15.2 Å². The Morgan fingerprint density at radius 1 is 0.958 bits per heavy atom. The number of pyridine rings is 1. The van der Waals surface area contributed by atoms with Crippen LogP contribution in [0.15, 0.2) is 60.8 Å². The Kier molecular flexibility index (Phi) is 3.84. The van der Waals surface area contributed by atoms with Crippen molar-refractivity contribution in [1.29, 1.82) is 0 Å². The van der Waals surface area contributed by atoms with Crippen LogP contribution in [0, 0.1) is 0 Å². The second kappa shape index (κ2) is 6.15. The SMILES string of the molecule is Clc1cccc(Oc2n[nH]c3ncc(-c4ccccc4Cl)cc23)c1. The lowest BCUT2D eigenvalue weighted by Gasteiger charge is -2.05. The number of hydrogen-bond donors (Lipinski definition) is 1. The number of aromatic nitrogens is 3. The molecule has 0 unspecified atom stereocenters. The molecule has 4 aromatic rings. The van der Waals surface area contributed by atoms with Gasteiger partial charge < -0.3 is 4.74 Å². The van der Waals surface area contributed by atoms with Crippen molar-refractivity contribution < 1.29 is 4.74 Å². The van der Waals surface area contributed by atoms with Crippen LogP contribution < -0.4 is 4.74 Å². The van der Waals surface area contributed by atoms with E-state index in [1.54, 1.807) is 18.3 Å². The first-order valence-corrected chi connectivity index (χ1v) is 7.99. The summed E-state index contributed by atoms with van der Waals surface area (Å²) in [6.07, 6.45) is 1.75. The molecule has 0 amide bonds. The zero-order chi connectivity index (χ0) is 16.5. The molecule has 0 bridgehead atoms. The summed E-state index contributed by atoms with van der Waals surface area (Å²) in [6, 6.07) is 16.7. The Morgan fingerprint density at radius 2 is 1.83 bits per heavy atom. The van der Waals surface area contributed by atoms with Crippen LogP contribution in [-0.4, -0.2) is 15.2 Å². The molecule has 4 rings (SSSR count). The van der Waals surface area contributed by atoms with Crippen molar-refractivity contribution in [3.63, 3.8) is 0 Å². The fraction of sp³-hybridized carbons (Fsp3) is 0. The van der Waals surface area contributed by atoms with Gasteiger partial charge in [-0.05, 0) is 30.3 Å². The summed E-state index contributed by atoms with van der Waals surface area (Å²) in [5.74, 6) is 1.05. The molecular formula is C18H11Cl2N3O. The Bertz CT molecular complexity index is 1030. The third-order valence-electron chi connectivity index (χ3n) is 3.58. The standard InChI is InChI=1S/C18H11Cl2N3O/c19-12-4-3-5-13(9-12)24-18-15-8-11(10-21-17(15)22-23-18)14-6-1-2-7-16(14)20/h1-10H,(H,21,22,23). The van der Waals surface area contributed by atoms with Crippen molar-refractivity contribution >= 4 is 34.2 Å². The van der Waals surface area contributed by atoms with E-state index in [9.17, 15) is 0 Å². The predicted octanol–water partition coefficient (Wildman–Crippen LogP) is 5.72. The van der Waals surface area contributed by atoms with Crippen LogP contribution in [0.2, 0.25) is 10.0 Å². The Morgan fingerprint density at radius 3 is 2.67 bits per heavy atom. The van der Waals surface area contributed by atoms with E-state index in [1.165, 1.54) is 0 Å². The molecule has 0 atom stereocenters. The van der Waals surface area contributed by atoms with Gasteiger partial charge in [0.2, 0.25) is 5.88 Å². The quantitative estimate of drug-likeness (QED) is 0.510. The van der Waals surface area contributed by atoms with E-state index in [0.717, 1.165) is 16.5 Å². The number of nitrogens with zero attached hydrogens (tertiary/aromatic N) is 2. The average molecular weight is 356 g/mol. The number of H-pyrrole nitrogens is 1. The van der Waals surface area contributed by atoms with Crippen LogP contribution in [0.5, 0.6) is 11.6 Å². The van der Waals surface area contributed by atoms with Crippen molar-refractivity contribution in [3.8, 4) is 22.8 Å². The van der Waals surface area contributed by atoms with Gasteiger partial charge in [-0.25, -0.2) is 4.98 Å². The number of ether oxygens (including phenoxy) is 1. The third-order valence-corrected chi connectivity index (χ3v) is 4.14. The molecule has 0 fully saturated rings. The fourth-order valence-electron chi connectivity index (χ4n) is 2.44. The normalized spacial score (nSPS) is 10.9. The van der Waals surface area contributed by atoms with Gasteiger partial charge in [-0.2, -0.15) is 0 Å². The largest absolute Gasteiger partial charge is 0.437 e. The minimum absolute atomic E-state index is 0.439. The summed E-state index contributed by atoms with van der Waals surface area (Å²) in [7, 11) is 0. The van der Waals surface area contributed by atoms with Crippen LogP contribution in [0.4, 0.5) is 0 Å². The number of fused-ring (bicyclic) bond motifs is 1. The smallest absolute Gasteiger partial charge is 0.247 e. The molecule has 1 N–H and O–H groups in total. The highest BCUT2D eigenvalue weighted by Crippen LogP contribution is 2.33. The molecule has 2 heterocycles. The summed E-state index contributed by atoms with van der Waals surface area (Å²) in [6.45, 7) is 0. The molecule has 6 heteroatoms. The summed E-state index contributed by atoms with van der Waals surface area (Å²) < 4.78 is 5.83. The van der Waals surface area contributed by atoms with Gasteiger partial charge in [0.05, 0.1) is 5.39 Å². The van der Waals surface area contributed by atoms with Gasteiger partial charge in [0.1, 0.15) is 5.75 Å². The average Bonchev–Trinajstić information content (AvgIpc) is 2.98. The maximum atomic E-state index is 6.27. The van der Waals surface area contributed by atoms with Crippen LogP contribution in [0.1, 0.15) is 0 Å². The van der Waals surface area contributed by atoms with E-state index in [-0.39, 0.29) is 0 Å². The number of nitrogens with one attached hydrogen (secondary N) is 1. The fourth-order valence-corrected chi connectivity index (χ4v) is 2.87. The summed E-state index contributed by atoms with van der Waals surface area (Å²) >= 11 is 12.3. The van der Waals surface area contributed by atoms with Crippen molar-refractivity contribution in [2.24, 2.45) is 0 Å². The topological polar surface area (TPSA) is 50.8 Å². The van der Waals surface area contributed by atoms with Crippen LogP contribution in [0.3, 0.4) is 0 Å². The molecular weight excluding hydrogens is 345 g/mol. The zero-order valence-corrected chi connectivity index (χ0v) is 13.8. The minimum Gasteiger partial charge on any atom is -0.437 e. The summed E-state index contributed by atoms with van der Waals surface area (Å²) in [4.78, 5) is 4.40. The van der Waals surface area contributed by atoms with E-state index in [2.05, 4.69) is 15.2 Å². The van der Waals surface area contributed by atoms with E-state index >= 15 is 0 Å². The number of aromatic amines is 1. The van der Waals surface area contributed by atoms with E-state index in [0.29, 0.717) is 27.3 Å². The molecule has 0 saturated carbocycles. The molecule has 0 spiro atoms. The van der Waals surface area contributed by atoms with E-state index in [1.807, 2.05) is 42.5 Å². The molecule has 0 aliphatic rings. The Labute approximate surface area is 148 Å². The lowest BCUT2D eigenvalue weighted by Crippen LogP contribution is -1.86. The monoisotopic (exact) mass is 355 g/mol. The zero-order valence-electron chi connectivity index (χ0n) is 12.3. The van der Waals surface area contributed by atoms with E-state index in [4.69, 9.17) is 27.9 Å². The molecule has 0 saturated heterocycles. The maximum absolute atomic E-state index is 6.27. The third kappa shape index (κ3) is 2.82. The second-order valence-corrected chi connectivity index (χ2v) is 6.03. The number of rotatable bonds is 3. The van der Waals surface area contributed by atoms with Crippen LogP contribution >= 0.6 is 23.2 Å². The molecule has 0 radical (unpaired) electrons. The van der Waals surface area contributed by atoms with Crippen LogP contribution in [-0.2, 0) is 0 Å². The highest BCUT2D eigenvalue weighted by molar-refractivity contribution is 6.33. The number of benzene rings is 2. The molecule has 4 nitrogen and oxygen atoms in total. The lowest BCUT2D eigenvalue weighted by molar-refractivity contribution is 0.466. The molecule has 24 heavy (non-hydrogen) atoms. The van der Waals surface area contributed by atoms with Crippen LogP contribution in [0.25, 0.3) is 22.2 Å². The van der Waals surface area contributed by atoms with Crippen molar-refractivity contribution in [2.45, 2.75) is 0 Å². The predicted molar refractivity (Wildman–Crippen MR) is 95.9 cm³/mol. The van der Waals surface area contributed by atoms with Crippen molar-refractivity contribution in [2.75, 3.05) is 0 Å². The Balaban J connectivity index is 1.78. The van der Waals surface area contributed by atoms with Gasteiger partial charge in [0.15, 0.2) is 5.65 Å². The van der Waals surface area contributed by atoms with Crippen molar-refractivity contribution in [3.05, 3.63) is 70.8 Å². The molecule has 2 aromatic carbocycles. The molecule has 0 aliphatic heterocycles. The second-order valence-electron chi connectivity index (χ2n) is 5.19. The van der Waals surface area contributed by atoms with Gasteiger partial charge in [-0.15, -0.1) is 5.10 Å². The Hall–Kier alpha value is -2.56. The van der Waals surface area contributed by atoms with E-state index < -0.39 is 0 Å². The van der Waals surface area contributed by atoms with Gasteiger partial charge in [-0.3, -0.25) is 5.10 Å². The summed E-state index contributed by atoms with van der Waals surface area (Å²) in [5.41, 5.74) is 2.44. The highest BCUT2D eigenvalue weighted by Gasteiger charge is 2.12. The first-order valence-electron chi connectivity index (χ1n) is 7.23. The first kappa shape index (κ1) is 15.0. The van der Waals surface area contributed by atoms with Gasteiger partial charge in [0.25, 0.3) is 0 Å².